The van der Waals surface area contributed by atoms with Crippen LogP contribution in [0, 0.1) is 11.8 Å². The second-order valence-corrected chi connectivity index (χ2v) is 5.94. The molecule has 0 unspecified atom stereocenters. The molecule has 3 aliphatic rings. The van der Waals surface area contributed by atoms with Gasteiger partial charge in [0.25, 0.3) is 0 Å². The predicted octanol–water partition coefficient (Wildman–Crippen LogP) is 1.35. The fourth-order valence-electron chi connectivity index (χ4n) is 3.27. The molecule has 2 saturated heterocycles. The van der Waals surface area contributed by atoms with Gasteiger partial charge in [-0.05, 0) is 23.3 Å². The van der Waals surface area contributed by atoms with E-state index in [4.69, 9.17) is 23.7 Å². The van der Waals surface area contributed by atoms with Gasteiger partial charge in [0.05, 0.1) is 19.8 Å². The molecule has 0 aliphatic carbocycles. The van der Waals surface area contributed by atoms with E-state index in [9.17, 15) is 14.7 Å². The molecule has 1 aromatic rings. The highest BCUT2D eigenvalue weighted by Crippen LogP contribution is 2.44. The quantitative estimate of drug-likeness (QED) is 0.643. The molecule has 3 aliphatic heterocycles. The van der Waals surface area contributed by atoms with Gasteiger partial charge in [-0.2, -0.15) is 0 Å². The second kappa shape index (κ2) is 6.05. The standard InChI is InChI=1S/C17H16O8/c1-8(11-6-23-16(20)14(11)15(18)19)9-4-12-13(25-7-24-12)5-10(9)17-21-2-3-22-17/h4-5,11,14,17H,1-3,6-7H2,(H,18,19)/t11-,14+/m0/s1. The van der Waals surface area contributed by atoms with Crippen molar-refractivity contribution in [2.45, 2.75) is 6.29 Å². The number of carboxylic acid groups (broad SMARTS) is 1. The van der Waals surface area contributed by atoms with Crippen molar-refractivity contribution in [2.24, 2.45) is 11.8 Å². The Bertz CT molecular complexity index is 749. The van der Waals surface area contributed by atoms with E-state index in [1.807, 2.05) is 0 Å². The Labute approximate surface area is 142 Å². The van der Waals surface area contributed by atoms with Gasteiger partial charge in [-0.25, -0.2) is 0 Å². The summed E-state index contributed by atoms with van der Waals surface area (Å²) in [5, 5.41) is 9.35. The lowest BCUT2D eigenvalue weighted by Gasteiger charge is -2.21. The van der Waals surface area contributed by atoms with Crippen molar-refractivity contribution in [3.05, 3.63) is 29.8 Å². The van der Waals surface area contributed by atoms with E-state index in [0.717, 1.165) is 0 Å². The van der Waals surface area contributed by atoms with Crippen molar-refractivity contribution < 1.29 is 38.4 Å². The van der Waals surface area contributed by atoms with Crippen LogP contribution < -0.4 is 9.47 Å². The van der Waals surface area contributed by atoms with E-state index >= 15 is 0 Å². The van der Waals surface area contributed by atoms with E-state index in [1.165, 1.54) is 0 Å². The minimum Gasteiger partial charge on any atom is -0.481 e. The monoisotopic (exact) mass is 348 g/mol. The normalized spacial score (nSPS) is 25.2. The van der Waals surface area contributed by atoms with Crippen LogP contribution in [-0.2, 0) is 23.8 Å². The Kier molecular flexibility index (Phi) is 3.85. The minimum atomic E-state index is -1.28. The summed E-state index contributed by atoms with van der Waals surface area (Å²) < 4.78 is 26.9. The molecule has 0 aromatic heterocycles. The Balaban J connectivity index is 1.74. The summed E-state index contributed by atoms with van der Waals surface area (Å²) in [6.07, 6.45) is -0.609. The van der Waals surface area contributed by atoms with Crippen molar-refractivity contribution in [1.29, 1.82) is 0 Å². The molecule has 0 amide bonds. The Hall–Kier alpha value is -2.58. The molecule has 0 saturated carbocycles. The highest BCUT2D eigenvalue weighted by molar-refractivity contribution is 5.98. The lowest BCUT2D eigenvalue weighted by atomic mass is 9.83. The summed E-state index contributed by atoms with van der Waals surface area (Å²) in [5.74, 6) is -2.87. The van der Waals surface area contributed by atoms with Gasteiger partial charge in [-0.15, -0.1) is 0 Å². The van der Waals surface area contributed by atoms with Gasteiger partial charge >= 0.3 is 11.9 Å². The first-order valence-corrected chi connectivity index (χ1v) is 7.81. The average Bonchev–Trinajstić information content (AvgIpc) is 3.32. The number of cyclic esters (lactones) is 1. The zero-order chi connectivity index (χ0) is 17.6. The van der Waals surface area contributed by atoms with Crippen LogP contribution in [0.25, 0.3) is 5.57 Å². The number of aliphatic carboxylic acids is 1. The van der Waals surface area contributed by atoms with Gasteiger partial charge < -0.3 is 28.8 Å². The molecule has 0 spiro atoms. The van der Waals surface area contributed by atoms with Crippen molar-refractivity contribution in [2.75, 3.05) is 26.6 Å². The number of carboxylic acids is 1. The number of hydrogen-bond donors (Lipinski definition) is 1. The second-order valence-electron chi connectivity index (χ2n) is 5.94. The van der Waals surface area contributed by atoms with Crippen LogP contribution in [0.5, 0.6) is 11.5 Å². The van der Waals surface area contributed by atoms with Crippen LogP contribution in [0.1, 0.15) is 17.4 Å². The number of hydrogen-bond acceptors (Lipinski definition) is 7. The Morgan fingerprint density at radius 1 is 1.12 bits per heavy atom. The van der Waals surface area contributed by atoms with Gasteiger partial charge in [0.15, 0.2) is 23.7 Å². The number of esters is 1. The largest absolute Gasteiger partial charge is 0.481 e. The fourth-order valence-corrected chi connectivity index (χ4v) is 3.27. The Morgan fingerprint density at radius 3 is 2.48 bits per heavy atom. The molecule has 4 rings (SSSR count). The fraction of sp³-hybridized carbons (Fsp3) is 0.412. The molecule has 2 atom stereocenters. The third-order valence-corrected chi connectivity index (χ3v) is 4.54. The maximum absolute atomic E-state index is 11.8. The maximum atomic E-state index is 11.8. The maximum Gasteiger partial charge on any atom is 0.321 e. The van der Waals surface area contributed by atoms with Crippen LogP contribution >= 0.6 is 0 Å². The number of benzene rings is 1. The molecule has 3 heterocycles. The number of ether oxygens (including phenoxy) is 5. The van der Waals surface area contributed by atoms with E-state index in [0.29, 0.717) is 41.4 Å². The summed E-state index contributed by atoms with van der Waals surface area (Å²) in [7, 11) is 0. The van der Waals surface area contributed by atoms with Gasteiger partial charge in [0, 0.05) is 11.5 Å². The molecule has 132 valence electrons. The zero-order valence-corrected chi connectivity index (χ0v) is 13.2. The molecule has 8 heteroatoms. The van der Waals surface area contributed by atoms with Crippen molar-refractivity contribution >= 4 is 17.5 Å². The first-order chi connectivity index (χ1) is 12.1. The van der Waals surface area contributed by atoms with Crippen LogP contribution in [0.2, 0.25) is 0 Å². The third-order valence-electron chi connectivity index (χ3n) is 4.54. The van der Waals surface area contributed by atoms with Crippen molar-refractivity contribution in [3.8, 4) is 11.5 Å². The van der Waals surface area contributed by atoms with E-state index < -0.39 is 30.1 Å². The molecule has 0 radical (unpaired) electrons. The van der Waals surface area contributed by atoms with Gasteiger partial charge in [0.1, 0.15) is 0 Å². The highest BCUT2D eigenvalue weighted by atomic mass is 16.7. The zero-order valence-electron chi connectivity index (χ0n) is 13.2. The lowest BCUT2D eigenvalue weighted by Crippen LogP contribution is -2.26. The molecular formula is C17H16O8. The summed E-state index contributed by atoms with van der Waals surface area (Å²) in [6, 6.07) is 3.46. The predicted molar refractivity (Wildman–Crippen MR) is 81.8 cm³/mol. The number of rotatable bonds is 4. The van der Waals surface area contributed by atoms with E-state index in [2.05, 4.69) is 6.58 Å². The number of carbonyl (C=O) groups is 2. The van der Waals surface area contributed by atoms with Crippen LogP contribution in [-0.4, -0.2) is 43.7 Å². The smallest absolute Gasteiger partial charge is 0.321 e. The molecule has 2 fully saturated rings. The van der Waals surface area contributed by atoms with Crippen LogP contribution in [0.4, 0.5) is 0 Å². The minimum absolute atomic E-state index is 0.0328. The third kappa shape index (κ3) is 2.63. The van der Waals surface area contributed by atoms with Gasteiger partial charge in [-0.1, -0.05) is 6.58 Å². The van der Waals surface area contributed by atoms with Crippen molar-refractivity contribution in [3.63, 3.8) is 0 Å². The molecule has 8 nitrogen and oxygen atoms in total. The van der Waals surface area contributed by atoms with E-state index in [-0.39, 0.29) is 13.4 Å². The molecule has 0 bridgehead atoms. The first kappa shape index (κ1) is 15.9. The average molecular weight is 348 g/mol. The molecule has 1 aromatic carbocycles. The number of carbonyl (C=O) groups excluding carboxylic acids is 1. The summed E-state index contributed by atoms with van der Waals surface area (Å²) >= 11 is 0. The highest BCUT2D eigenvalue weighted by Gasteiger charge is 2.45. The molecular weight excluding hydrogens is 332 g/mol. The first-order valence-electron chi connectivity index (χ1n) is 7.81. The SMILES string of the molecule is C=C(c1cc2c(cc1C1OCCO1)OCO2)[C@@H]1COC(=O)[C@H]1C(=O)O. The summed E-state index contributed by atoms with van der Waals surface area (Å²) in [6.45, 7) is 5.00. The number of fused-ring (bicyclic) bond motifs is 1. The lowest BCUT2D eigenvalue weighted by molar-refractivity contribution is -0.152. The van der Waals surface area contributed by atoms with Crippen LogP contribution in [0.3, 0.4) is 0 Å². The summed E-state index contributed by atoms with van der Waals surface area (Å²) in [4.78, 5) is 23.2. The van der Waals surface area contributed by atoms with Crippen molar-refractivity contribution in [1.82, 2.24) is 0 Å². The van der Waals surface area contributed by atoms with E-state index in [1.54, 1.807) is 12.1 Å². The van der Waals surface area contributed by atoms with Crippen LogP contribution in [0.15, 0.2) is 18.7 Å². The Morgan fingerprint density at radius 2 is 1.80 bits per heavy atom. The summed E-state index contributed by atoms with van der Waals surface area (Å²) in [5.41, 5.74) is 1.74. The van der Waals surface area contributed by atoms with Gasteiger partial charge in [0.2, 0.25) is 6.79 Å². The topological polar surface area (TPSA) is 101 Å². The molecule has 25 heavy (non-hydrogen) atoms. The van der Waals surface area contributed by atoms with Gasteiger partial charge in [-0.3, -0.25) is 9.59 Å². The molecule has 1 N–H and O–H groups in total.